The molecule has 0 spiro atoms. The normalized spacial score (nSPS) is 11.3. The topological polar surface area (TPSA) is 127 Å². The largest absolute Gasteiger partial charge is 0.481 e. The summed E-state index contributed by atoms with van der Waals surface area (Å²) in [5.74, 6) is -0.402. The molecule has 0 fully saturated rings. The van der Waals surface area contributed by atoms with Gasteiger partial charge in [0.25, 0.3) is 5.69 Å². The molecular weight excluding hydrogens is 428 g/mol. The molecule has 0 aromatic heterocycles. The van der Waals surface area contributed by atoms with Crippen LogP contribution in [0, 0.1) is 10.1 Å². The maximum absolute atomic E-state index is 12.3. The van der Waals surface area contributed by atoms with Crippen LogP contribution in [0.1, 0.15) is 12.0 Å². The molecule has 0 aliphatic carbocycles. The third kappa shape index (κ3) is 6.48. The lowest BCUT2D eigenvalue weighted by Crippen LogP contribution is -2.26. The highest BCUT2D eigenvalue weighted by Crippen LogP contribution is 2.27. The van der Waals surface area contributed by atoms with Crippen molar-refractivity contribution in [3.8, 4) is 0 Å². The highest BCUT2D eigenvalue weighted by Gasteiger charge is 2.20. The van der Waals surface area contributed by atoms with E-state index in [9.17, 15) is 23.3 Å². The molecule has 0 atom stereocenters. The Labute approximate surface area is 171 Å². The van der Waals surface area contributed by atoms with E-state index < -0.39 is 26.6 Å². The van der Waals surface area contributed by atoms with Gasteiger partial charge in [-0.2, -0.15) is 0 Å². The Morgan fingerprint density at radius 1 is 1.21 bits per heavy atom. The Hall–Kier alpha value is -2.14. The number of nitrogens with zero attached hydrogens (tertiary/aromatic N) is 1. The molecule has 150 valence electrons. The van der Waals surface area contributed by atoms with E-state index >= 15 is 0 Å². The van der Waals surface area contributed by atoms with E-state index in [2.05, 4.69) is 4.72 Å². The zero-order valence-corrected chi connectivity index (χ0v) is 16.9. The maximum Gasteiger partial charge on any atom is 0.303 e. The number of hydrogen-bond donors (Lipinski definition) is 2. The highest BCUT2D eigenvalue weighted by molar-refractivity contribution is 7.99. The number of halogens is 1. The van der Waals surface area contributed by atoms with Crippen LogP contribution in [0.2, 0.25) is 5.02 Å². The molecule has 0 aliphatic heterocycles. The fourth-order valence-electron chi connectivity index (χ4n) is 2.23. The van der Waals surface area contributed by atoms with E-state index in [1.165, 1.54) is 23.9 Å². The van der Waals surface area contributed by atoms with Gasteiger partial charge in [-0.15, -0.1) is 11.8 Å². The van der Waals surface area contributed by atoms with Crippen molar-refractivity contribution < 1.29 is 23.2 Å². The van der Waals surface area contributed by atoms with Crippen molar-refractivity contribution in [2.24, 2.45) is 0 Å². The number of carboxylic acids is 1. The molecular formula is C17H17ClN2O6S2. The lowest BCUT2D eigenvalue weighted by molar-refractivity contribution is -0.384. The van der Waals surface area contributed by atoms with E-state index in [0.717, 1.165) is 16.5 Å². The Balaban J connectivity index is 1.88. The van der Waals surface area contributed by atoms with E-state index in [4.69, 9.17) is 16.7 Å². The summed E-state index contributed by atoms with van der Waals surface area (Å²) < 4.78 is 26.9. The Kier molecular flexibility index (Phi) is 7.81. The van der Waals surface area contributed by atoms with E-state index in [-0.39, 0.29) is 22.9 Å². The quantitative estimate of drug-likeness (QED) is 0.249. The van der Waals surface area contributed by atoms with Crippen molar-refractivity contribution in [1.82, 2.24) is 4.72 Å². The zero-order chi connectivity index (χ0) is 20.7. The van der Waals surface area contributed by atoms with Gasteiger partial charge >= 0.3 is 5.97 Å². The second-order valence-corrected chi connectivity index (χ2v) is 9.00. The number of carboxylic acid groups (broad SMARTS) is 1. The summed E-state index contributed by atoms with van der Waals surface area (Å²) in [7, 11) is -3.89. The number of thioether (sulfide) groups is 1. The number of benzene rings is 2. The van der Waals surface area contributed by atoms with E-state index in [0.29, 0.717) is 12.2 Å². The van der Waals surface area contributed by atoms with Gasteiger partial charge in [0.2, 0.25) is 10.0 Å². The minimum atomic E-state index is -3.89. The van der Waals surface area contributed by atoms with Gasteiger partial charge in [-0.05, 0) is 36.2 Å². The summed E-state index contributed by atoms with van der Waals surface area (Å²) in [5, 5.41) is 19.4. The predicted octanol–water partition coefficient (Wildman–Crippen LogP) is 3.34. The highest BCUT2D eigenvalue weighted by atomic mass is 35.5. The zero-order valence-electron chi connectivity index (χ0n) is 14.5. The van der Waals surface area contributed by atoms with Crippen LogP contribution < -0.4 is 4.72 Å². The molecule has 0 unspecified atom stereocenters. The van der Waals surface area contributed by atoms with Crippen molar-refractivity contribution in [2.75, 3.05) is 12.3 Å². The molecule has 0 heterocycles. The number of rotatable bonds is 10. The number of aliphatic carboxylic acids is 1. The first-order valence-electron chi connectivity index (χ1n) is 8.06. The summed E-state index contributed by atoms with van der Waals surface area (Å²) in [6.07, 6.45) is 0.518. The SMILES string of the molecule is O=C(O)CCc1ccc(SCCNS(=O)(=O)c2ccc(Cl)c([N+](=O)[O-])c2)cc1. The second kappa shape index (κ2) is 9.87. The molecule has 2 aromatic carbocycles. The Bertz CT molecular complexity index is 964. The van der Waals surface area contributed by atoms with Crippen molar-refractivity contribution in [3.63, 3.8) is 0 Å². The summed E-state index contributed by atoms with van der Waals surface area (Å²) >= 11 is 7.12. The fraction of sp³-hybridized carbons (Fsp3) is 0.235. The summed E-state index contributed by atoms with van der Waals surface area (Å²) in [4.78, 5) is 21.4. The molecule has 0 bridgehead atoms. The minimum absolute atomic E-state index is 0.0666. The first kappa shape index (κ1) is 22.2. The number of hydrogen-bond acceptors (Lipinski definition) is 6. The molecule has 0 aliphatic rings. The molecule has 2 N–H and O–H groups in total. The molecule has 0 amide bonds. The predicted molar refractivity (Wildman–Crippen MR) is 106 cm³/mol. The first-order chi connectivity index (χ1) is 13.2. The molecule has 28 heavy (non-hydrogen) atoms. The van der Waals surface area contributed by atoms with Crippen LogP contribution in [0.3, 0.4) is 0 Å². The number of nitrogens with one attached hydrogen (secondary N) is 1. The van der Waals surface area contributed by atoms with Gasteiger partial charge in [0.1, 0.15) is 5.02 Å². The minimum Gasteiger partial charge on any atom is -0.481 e. The average molecular weight is 445 g/mol. The third-order valence-corrected chi connectivity index (χ3v) is 6.43. The van der Waals surface area contributed by atoms with Gasteiger partial charge in [-0.3, -0.25) is 14.9 Å². The standard InChI is InChI=1S/C17H17ClN2O6S2/c18-15-7-6-14(11-16(15)20(23)24)28(25,26)19-9-10-27-13-4-1-12(2-5-13)3-8-17(21)22/h1-2,4-7,11,19H,3,8-10H2,(H,21,22). The number of aryl methyl sites for hydroxylation is 1. The number of nitro benzene ring substituents is 1. The molecule has 2 aromatic rings. The van der Waals surface area contributed by atoms with Crippen LogP contribution in [0.15, 0.2) is 52.3 Å². The van der Waals surface area contributed by atoms with Gasteiger partial charge < -0.3 is 5.11 Å². The van der Waals surface area contributed by atoms with Crippen LogP contribution in [0.4, 0.5) is 5.69 Å². The van der Waals surface area contributed by atoms with Gasteiger partial charge in [-0.25, -0.2) is 13.1 Å². The van der Waals surface area contributed by atoms with Crippen molar-refractivity contribution in [2.45, 2.75) is 22.6 Å². The summed E-state index contributed by atoms with van der Waals surface area (Å²) in [6, 6.07) is 10.7. The van der Waals surface area contributed by atoms with Gasteiger partial charge in [0, 0.05) is 29.7 Å². The van der Waals surface area contributed by atoms with Crippen molar-refractivity contribution >= 4 is 45.0 Å². The maximum atomic E-state index is 12.3. The first-order valence-corrected chi connectivity index (χ1v) is 10.9. The molecule has 0 radical (unpaired) electrons. The molecule has 0 saturated heterocycles. The molecule has 8 nitrogen and oxygen atoms in total. The van der Waals surface area contributed by atoms with Gasteiger partial charge in [-0.1, -0.05) is 23.7 Å². The van der Waals surface area contributed by atoms with E-state index in [1.807, 2.05) is 24.3 Å². The average Bonchev–Trinajstić information content (AvgIpc) is 2.64. The summed E-state index contributed by atoms with van der Waals surface area (Å²) in [6.45, 7) is 0.129. The van der Waals surface area contributed by atoms with Gasteiger partial charge in [0.15, 0.2) is 0 Å². The lowest BCUT2D eigenvalue weighted by Gasteiger charge is -2.07. The number of nitro groups is 1. The molecule has 2 rings (SSSR count). The lowest BCUT2D eigenvalue weighted by atomic mass is 10.1. The number of carbonyl (C=O) groups is 1. The van der Waals surface area contributed by atoms with Crippen molar-refractivity contribution in [1.29, 1.82) is 0 Å². The van der Waals surface area contributed by atoms with Crippen LogP contribution in [0.5, 0.6) is 0 Å². The summed E-state index contributed by atoms with van der Waals surface area (Å²) in [5.41, 5.74) is 0.443. The smallest absolute Gasteiger partial charge is 0.303 e. The van der Waals surface area contributed by atoms with Crippen LogP contribution in [-0.2, 0) is 21.2 Å². The second-order valence-electron chi connectivity index (χ2n) is 5.65. The van der Waals surface area contributed by atoms with Crippen LogP contribution >= 0.6 is 23.4 Å². The monoisotopic (exact) mass is 444 g/mol. The molecule has 11 heteroatoms. The third-order valence-electron chi connectivity index (χ3n) is 3.64. The fourth-order valence-corrected chi connectivity index (χ4v) is 4.37. The Morgan fingerprint density at radius 3 is 2.50 bits per heavy atom. The molecule has 0 saturated carbocycles. The number of sulfonamides is 1. The van der Waals surface area contributed by atoms with Crippen LogP contribution in [-0.4, -0.2) is 36.7 Å². The van der Waals surface area contributed by atoms with E-state index in [1.54, 1.807) is 0 Å². The van der Waals surface area contributed by atoms with Gasteiger partial charge in [0.05, 0.1) is 9.82 Å². The van der Waals surface area contributed by atoms with Crippen LogP contribution in [0.25, 0.3) is 0 Å². The Morgan fingerprint density at radius 2 is 1.89 bits per heavy atom. The van der Waals surface area contributed by atoms with Crippen molar-refractivity contribution in [3.05, 3.63) is 63.2 Å².